The second-order valence-electron chi connectivity index (χ2n) is 6.38. The Balaban J connectivity index is 1.68. The third-order valence-electron chi connectivity index (χ3n) is 4.47. The predicted octanol–water partition coefficient (Wildman–Crippen LogP) is 4.67. The summed E-state index contributed by atoms with van der Waals surface area (Å²) < 4.78 is 2.34. The zero-order valence-corrected chi connectivity index (χ0v) is 15.2. The number of aromatic nitrogens is 3. The maximum Gasteiger partial charge on any atom is 0.243 e. The maximum atomic E-state index is 4.33. The van der Waals surface area contributed by atoms with E-state index in [0.29, 0.717) is 5.95 Å². The van der Waals surface area contributed by atoms with Crippen molar-refractivity contribution in [3.63, 3.8) is 0 Å². The molecule has 4 rings (SSSR count). The summed E-state index contributed by atoms with van der Waals surface area (Å²) in [4.78, 5) is 8.66. The Bertz CT molecular complexity index is 1100. The first-order valence-corrected chi connectivity index (χ1v) is 8.78. The largest absolute Gasteiger partial charge is 0.341 e. The molecule has 130 valence electrons. The van der Waals surface area contributed by atoms with Gasteiger partial charge in [-0.15, -0.1) is 0 Å². The minimum absolute atomic E-state index is 0.516. The molecule has 0 bridgehead atoms. The molecular formula is C21H21N5. The first-order valence-electron chi connectivity index (χ1n) is 8.78. The van der Waals surface area contributed by atoms with Crippen LogP contribution in [0.25, 0.3) is 21.8 Å². The Kier molecular flexibility index (Phi) is 4.13. The highest BCUT2D eigenvalue weighted by atomic mass is 15.3. The molecule has 0 unspecified atom stereocenters. The third-order valence-corrected chi connectivity index (χ3v) is 4.47. The molecule has 4 aromatic rings. The van der Waals surface area contributed by atoms with E-state index in [2.05, 4.69) is 74.5 Å². The van der Waals surface area contributed by atoms with Crippen LogP contribution in [0, 0.1) is 13.8 Å². The molecule has 2 aromatic carbocycles. The van der Waals surface area contributed by atoms with Crippen LogP contribution in [0.3, 0.4) is 0 Å². The van der Waals surface area contributed by atoms with E-state index in [1.807, 2.05) is 19.9 Å². The average Bonchev–Trinajstić information content (AvgIpc) is 2.94. The Morgan fingerprint density at radius 1 is 0.962 bits per heavy atom. The normalized spacial score (nSPS) is 11.7. The Labute approximate surface area is 152 Å². The summed E-state index contributed by atoms with van der Waals surface area (Å²) in [6.45, 7) is 7.01. The van der Waals surface area contributed by atoms with Gasteiger partial charge in [-0.2, -0.15) is 5.10 Å². The molecule has 0 saturated carbocycles. The van der Waals surface area contributed by atoms with Gasteiger partial charge in [0.25, 0.3) is 0 Å². The van der Waals surface area contributed by atoms with Gasteiger partial charge in [0.15, 0.2) is 0 Å². The smallest absolute Gasteiger partial charge is 0.243 e. The monoisotopic (exact) mass is 343 g/mol. The molecule has 5 nitrogen and oxygen atoms in total. The summed E-state index contributed by atoms with van der Waals surface area (Å²) >= 11 is 0. The minimum atomic E-state index is 0.516. The van der Waals surface area contributed by atoms with Gasteiger partial charge in [0.05, 0.1) is 6.21 Å². The van der Waals surface area contributed by atoms with Gasteiger partial charge in [-0.3, -0.25) is 0 Å². The lowest BCUT2D eigenvalue weighted by Crippen LogP contribution is -1.99. The van der Waals surface area contributed by atoms with E-state index in [1.54, 1.807) is 6.21 Å². The standard InChI is InChI=1S/C21H21N5/c1-4-26-19-8-6-5-7-17(19)18-12-16(9-10-20(18)26)13-22-25-21-23-14(2)11-15(3)24-21/h5-13H,4H2,1-3H3,(H,23,24,25)/b22-13+. The number of anilines is 1. The van der Waals surface area contributed by atoms with Crippen LogP contribution in [0.2, 0.25) is 0 Å². The Morgan fingerprint density at radius 2 is 1.69 bits per heavy atom. The van der Waals surface area contributed by atoms with Crippen LogP contribution in [0.1, 0.15) is 23.9 Å². The van der Waals surface area contributed by atoms with Crippen LogP contribution in [-0.2, 0) is 6.54 Å². The number of hydrogen-bond donors (Lipinski definition) is 1. The number of hydrazone groups is 1. The van der Waals surface area contributed by atoms with E-state index in [4.69, 9.17) is 0 Å². The number of fused-ring (bicyclic) bond motifs is 3. The van der Waals surface area contributed by atoms with Crippen molar-refractivity contribution >= 4 is 34.0 Å². The van der Waals surface area contributed by atoms with Gasteiger partial charge in [0.2, 0.25) is 5.95 Å². The lowest BCUT2D eigenvalue weighted by atomic mass is 10.1. The molecule has 26 heavy (non-hydrogen) atoms. The number of aryl methyl sites for hydroxylation is 3. The van der Waals surface area contributed by atoms with Gasteiger partial charge >= 0.3 is 0 Å². The minimum Gasteiger partial charge on any atom is -0.341 e. The molecule has 0 radical (unpaired) electrons. The number of rotatable bonds is 4. The predicted molar refractivity (Wildman–Crippen MR) is 108 cm³/mol. The van der Waals surface area contributed by atoms with E-state index in [-0.39, 0.29) is 0 Å². The van der Waals surface area contributed by atoms with Crippen molar-refractivity contribution in [2.45, 2.75) is 27.3 Å². The van der Waals surface area contributed by atoms with Crippen LogP contribution < -0.4 is 5.43 Å². The zero-order valence-electron chi connectivity index (χ0n) is 15.2. The second kappa shape index (κ2) is 6.59. The molecule has 0 aliphatic carbocycles. The molecule has 1 N–H and O–H groups in total. The van der Waals surface area contributed by atoms with Gasteiger partial charge in [-0.1, -0.05) is 24.3 Å². The molecule has 2 aromatic heterocycles. The van der Waals surface area contributed by atoms with Crippen molar-refractivity contribution in [1.82, 2.24) is 14.5 Å². The molecule has 0 aliphatic rings. The van der Waals surface area contributed by atoms with Crippen LogP contribution in [0.15, 0.2) is 53.6 Å². The lowest BCUT2D eigenvalue weighted by Gasteiger charge is -2.03. The highest BCUT2D eigenvalue weighted by molar-refractivity contribution is 6.09. The zero-order chi connectivity index (χ0) is 18.1. The number of para-hydroxylation sites is 1. The molecule has 0 amide bonds. The molecule has 0 atom stereocenters. The van der Waals surface area contributed by atoms with Crippen molar-refractivity contribution in [1.29, 1.82) is 0 Å². The van der Waals surface area contributed by atoms with E-state index in [0.717, 1.165) is 23.5 Å². The summed E-state index contributed by atoms with van der Waals surface area (Å²) in [5, 5.41) is 6.81. The van der Waals surface area contributed by atoms with Gasteiger partial charge in [0.1, 0.15) is 0 Å². The summed E-state index contributed by atoms with van der Waals surface area (Å²) in [6.07, 6.45) is 1.80. The average molecular weight is 343 g/mol. The van der Waals surface area contributed by atoms with Gasteiger partial charge in [-0.25, -0.2) is 15.4 Å². The van der Waals surface area contributed by atoms with E-state index >= 15 is 0 Å². The topological polar surface area (TPSA) is 55.1 Å². The van der Waals surface area contributed by atoms with Crippen molar-refractivity contribution in [3.05, 3.63) is 65.5 Å². The highest BCUT2D eigenvalue weighted by Crippen LogP contribution is 2.29. The first kappa shape index (κ1) is 16.3. The number of hydrogen-bond acceptors (Lipinski definition) is 4. The second-order valence-corrected chi connectivity index (χ2v) is 6.38. The molecule has 5 heteroatoms. The van der Waals surface area contributed by atoms with Crippen LogP contribution >= 0.6 is 0 Å². The molecule has 0 fully saturated rings. The van der Waals surface area contributed by atoms with Gasteiger partial charge in [0, 0.05) is 39.7 Å². The van der Waals surface area contributed by atoms with E-state index in [9.17, 15) is 0 Å². The molecule has 0 aliphatic heterocycles. The van der Waals surface area contributed by atoms with Crippen molar-refractivity contribution in [2.75, 3.05) is 5.43 Å². The molecule has 0 spiro atoms. The van der Waals surface area contributed by atoms with Crippen LogP contribution in [0.4, 0.5) is 5.95 Å². The maximum absolute atomic E-state index is 4.33. The molecule has 0 saturated heterocycles. The summed E-state index contributed by atoms with van der Waals surface area (Å²) in [5.41, 5.74) is 8.31. The molecular weight excluding hydrogens is 322 g/mol. The quantitative estimate of drug-likeness (QED) is 0.433. The van der Waals surface area contributed by atoms with Crippen molar-refractivity contribution < 1.29 is 0 Å². The number of nitrogens with zero attached hydrogens (tertiary/aromatic N) is 4. The highest BCUT2D eigenvalue weighted by Gasteiger charge is 2.09. The SMILES string of the molecule is CCn1c2ccccc2c2cc(/C=N/Nc3nc(C)cc(C)n3)ccc21. The summed E-state index contributed by atoms with van der Waals surface area (Å²) in [5.74, 6) is 0.516. The Morgan fingerprint density at radius 3 is 2.46 bits per heavy atom. The number of nitrogens with one attached hydrogen (secondary N) is 1. The third kappa shape index (κ3) is 2.92. The lowest BCUT2D eigenvalue weighted by molar-refractivity contribution is 0.827. The fraction of sp³-hybridized carbons (Fsp3) is 0.190. The van der Waals surface area contributed by atoms with Crippen molar-refractivity contribution in [2.24, 2.45) is 5.10 Å². The van der Waals surface area contributed by atoms with Crippen LogP contribution in [-0.4, -0.2) is 20.7 Å². The van der Waals surface area contributed by atoms with Crippen LogP contribution in [0.5, 0.6) is 0 Å². The first-order chi connectivity index (χ1) is 12.7. The Hall–Kier alpha value is -3.21. The van der Waals surface area contributed by atoms with Gasteiger partial charge < -0.3 is 4.57 Å². The van der Waals surface area contributed by atoms with Crippen molar-refractivity contribution in [3.8, 4) is 0 Å². The van der Waals surface area contributed by atoms with E-state index < -0.39 is 0 Å². The van der Waals surface area contributed by atoms with Gasteiger partial charge in [-0.05, 0) is 50.6 Å². The fourth-order valence-corrected chi connectivity index (χ4v) is 3.43. The molecule has 2 heterocycles. The van der Waals surface area contributed by atoms with E-state index in [1.165, 1.54) is 21.8 Å². The summed E-state index contributed by atoms with van der Waals surface area (Å²) in [7, 11) is 0. The number of benzene rings is 2. The fourth-order valence-electron chi connectivity index (χ4n) is 3.43. The summed E-state index contributed by atoms with van der Waals surface area (Å²) in [6, 6.07) is 16.9.